The van der Waals surface area contributed by atoms with Gasteiger partial charge < -0.3 is 14.8 Å². The first kappa shape index (κ1) is 14.0. The van der Waals surface area contributed by atoms with Crippen molar-refractivity contribution in [2.24, 2.45) is 0 Å². The van der Waals surface area contributed by atoms with Gasteiger partial charge in [0.1, 0.15) is 0 Å². The van der Waals surface area contributed by atoms with E-state index in [0.29, 0.717) is 0 Å². The van der Waals surface area contributed by atoms with E-state index in [1.807, 2.05) is 19.9 Å². The predicted octanol–water partition coefficient (Wildman–Crippen LogP) is 2.07. The average molecular weight is 245 g/mol. The van der Waals surface area contributed by atoms with Gasteiger partial charge in [-0.1, -0.05) is 6.08 Å². The number of hydrogen-bond donors (Lipinski definition) is 2. The molecule has 2 unspecified atom stereocenters. The summed E-state index contributed by atoms with van der Waals surface area (Å²) in [6.45, 7) is 7.12. The highest BCUT2D eigenvalue weighted by Crippen LogP contribution is 2.56. The highest BCUT2D eigenvalue weighted by molar-refractivity contribution is 7.62. The molecule has 0 aromatic rings. The smallest absolute Gasteiger partial charge is 0.374 e. The minimum atomic E-state index is -2.64. The van der Waals surface area contributed by atoms with Crippen LogP contribution < -0.4 is 5.23 Å². The van der Waals surface area contributed by atoms with E-state index in [9.17, 15) is 9.59 Å². The van der Waals surface area contributed by atoms with E-state index >= 15 is 0 Å². The summed E-state index contributed by atoms with van der Waals surface area (Å²) in [6, 6.07) is 0.110. The number of hydrogen-bond acceptors (Lipinski definition) is 4. The topological polar surface area (TPSA) is 58.6 Å². The van der Waals surface area contributed by atoms with E-state index in [2.05, 4.69) is 5.23 Å². The first-order valence-corrected chi connectivity index (χ1v) is 7.80. The highest BCUT2D eigenvalue weighted by atomic mass is 31.2. The molecule has 1 aliphatic carbocycles. The SMILES string of the molecule is CB(O)NC1C=C(P(C)(=O)OC(C)C)CC1. The fourth-order valence-electron chi connectivity index (χ4n) is 1.95. The molecule has 0 saturated carbocycles. The van der Waals surface area contributed by atoms with Crippen LogP contribution in [0.2, 0.25) is 6.82 Å². The summed E-state index contributed by atoms with van der Waals surface area (Å²) in [6.07, 6.45) is 3.57. The fourth-order valence-corrected chi connectivity index (χ4v) is 3.88. The van der Waals surface area contributed by atoms with Gasteiger partial charge in [-0.2, -0.15) is 0 Å². The molecule has 1 aliphatic rings. The third-order valence-corrected chi connectivity index (χ3v) is 4.73. The molecule has 0 spiro atoms. The lowest BCUT2D eigenvalue weighted by molar-refractivity contribution is 0.249. The van der Waals surface area contributed by atoms with Crippen molar-refractivity contribution in [2.75, 3.05) is 6.66 Å². The molecule has 0 heterocycles. The maximum absolute atomic E-state index is 12.3. The molecule has 2 N–H and O–H groups in total. The minimum Gasteiger partial charge on any atom is -0.437 e. The van der Waals surface area contributed by atoms with E-state index in [1.165, 1.54) is 0 Å². The Labute approximate surface area is 98.0 Å². The average Bonchev–Trinajstić information content (AvgIpc) is 2.49. The highest BCUT2D eigenvalue weighted by Gasteiger charge is 2.29. The Hall–Kier alpha value is -0.0851. The molecule has 92 valence electrons. The van der Waals surface area contributed by atoms with Crippen LogP contribution >= 0.6 is 7.37 Å². The van der Waals surface area contributed by atoms with Crippen molar-refractivity contribution in [1.82, 2.24) is 5.23 Å². The Bertz CT molecular complexity index is 317. The van der Waals surface area contributed by atoms with Crippen LogP contribution in [-0.2, 0) is 9.09 Å². The van der Waals surface area contributed by atoms with Crippen LogP contribution in [-0.4, -0.2) is 30.9 Å². The second kappa shape index (κ2) is 5.50. The Kier molecular flexibility index (Phi) is 4.80. The van der Waals surface area contributed by atoms with Crippen molar-refractivity contribution in [2.45, 2.75) is 45.7 Å². The van der Waals surface area contributed by atoms with Crippen LogP contribution in [0.5, 0.6) is 0 Å². The van der Waals surface area contributed by atoms with Crippen LogP contribution in [0.3, 0.4) is 0 Å². The Morgan fingerprint density at radius 1 is 1.69 bits per heavy atom. The van der Waals surface area contributed by atoms with Gasteiger partial charge in [0.2, 0.25) is 7.37 Å². The lowest BCUT2D eigenvalue weighted by Gasteiger charge is -2.17. The van der Waals surface area contributed by atoms with E-state index < -0.39 is 14.4 Å². The quantitative estimate of drug-likeness (QED) is 0.575. The zero-order valence-electron chi connectivity index (χ0n) is 10.4. The van der Waals surface area contributed by atoms with E-state index in [1.54, 1.807) is 13.5 Å². The number of rotatable bonds is 5. The Morgan fingerprint density at radius 3 is 2.81 bits per heavy atom. The zero-order valence-corrected chi connectivity index (χ0v) is 11.3. The molecule has 0 radical (unpaired) electrons. The Balaban J connectivity index is 2.64. The summed E-state index contributed by atoms with van der Waals surface area (Å²) in [5.74, 6) is 0. The van der Waals surface area contributed by atoms with Gasteiger partial charge in [-0.3, -0.25) is 4.57 Å². The molecule has 0 bridgehead atoms. The summed E-state index contributed by atoms with van der Waals surface area (Å²) in [5, 5.41) is 13.1. The molecule has 4 nitrogen and oxygen atoms in total. The lowest BCUT2D eigenvalue weighted by atomic mass is 9.87. The van der Waals surface area contributed by atoms with Crippen LogP contribution in [0.25, 0.3) is 0 Å². The molecular weight excluding hydrogens is 224 g/mol. The standard InChI is InChI=1S/C10H21BNO3P/c1-8(2)15-16(4,14)10-6-5-9(7-10)12-11(3)13/h7-9,12-13H,5-6H2,1-4H3. The summed E-state index contributed by atoms with van der Waals surface area (Å²) >= 11 is 0. The molecule has 0 saturated heterocycles. The van der Waals surface area contributed by atoms with Gasteiger partial charge in [0.15, 0.2) is 0 Å². The molecule has 0 aromatic carbocycles. The molecule has 16 heavy (non-hydrogen) atoms. The van der Waals surface area contributed by atoms with Crippen molar-refractivity contribution >= 4 is 14.4 Å². The van der Waals surface area contributed by atoms with Gasteiger partial charge in [-0.05, 0) is 33.5 Å². The number of nitrogens with one attached hydrogen (secondary N) is 1. The van der Waals surface area contributed by atoms with Gasteiger partial charge in [0, 0.05) is 18.0 Å². The molecule has 6 heteroatoms. The molecular formula is C10H21BNO3P. The molecule has 2 atom stereocenters. The van der Waals surface area contributed by atoms with Crippen molar-refractivity contribution in [3.63, 3.8) is 0 Å². The third kappa shape index (κ3) is 4.06. The monoisotopic (exact) mass is 245 g/mol. The first-order chi connectivity index (χ1) is 7.31. The zero-order chi connectivity index (χ0) is 12.3. The maximum Gasteiger partial charge on any atom is 0.374 e. The molecule has 0 amide bonds. The van der Waals surface area contributed by atoms with Gasteiger partial charge in [0.25, 0.3) is 0 Å². The van der Waals surface area contributed by atoms with Gasteiger partial charge in [-0.25, -0.2) is 0 Å². The normalized spacial score (nSPS) is 24.4. The number of allylic oxidation sites excluding steroid dienone is 1. The molecule has 1 rings (SSSR count). The van der Waals surface area contributed by atoms with Crippen molar-refractivity contribution in [1.29, 1.82) is 0 Å². The first-order valence-electron chi connectivity index (χ1n) is 5.72. The van der Waals surface area contributed by atoms with Crippen LogP contribution in [0.15, 0.2) is 11.4 Å². The predicted molar refractivity (Wildman–Crippen MR) is 67.8 cm³/mol. The summed E-state index contributed by atoms with van der Waals surface area (Å²) < 4.78 is 17.7. The Morgan fingerprint density at radius 2 is 2.31 bits per heavy atom. The van der Waals surface area contributed by atoms with Crippen molar-refractivity contribution in [3.8, 4) is 0 Å². The van der Waals surface area contributed by atoms with E-state index in [4.69, 9.17) is 4.52 Å². The van der Waals surface area contributed by atoms with Gasteiger partial charge in [-0.15, -0.1) is 0 Å². The van der Waals surface area contributed by atoms with Crippen LogP contribution in [0.4, 0.5) is 0 Å². The van der Waals surface area contributed by atoms with E-state index in [-0.39, 0.29) is 12.1 Å². The second-order valence-electron chi connectivity index (χ2n) is 4.65. The van der Waals surface area contributed by atoms with Crippen LogP contribution in [0.1, 0.15) is 26.7 Å². The van der Waals surface area contributed by atoms with Gasteiger partial charge >= 0.3 is 7.05 Å². The lowest BCUT2D eigenvalue weighted by Crippen LogP contribution is -2.37. The second-order valence-corrected chi connectivity index (χ2v) is 7.12. The minimum absolute atomic E-state index is 0.0273. The summed E-state index contributed by atoms with van der Waals surface area (Å²) in [4.78, 5) is 0. The molecule has 0 fully saturated rings. The van der Waals surface area contributed by atoms with Crippen molar-refractivity contribution in [3.05, 3.63) is 11.4 Å². The largest absolute Gasteiger partial charge is 0.437 e. The van der Waals surface area contributed by atoms with E-state index in [0.717, 1.165) is 18.2 Å². The van der Waals surface area contributed by atoms with Crippen LogP contribution in [0, 0.1) is 0 Å². The molecule has 0 aromatic heterocycles. The van der Waals surface area contributed by atoms with Gasteiger partial charge in [0.05, 0.1) is 6.10 Å². The summed E-state index contributed by atoms with van der Waals surface area (Å²) in [7, 11) is -3.18. The summed E-state index contributed by atoms with van der Waals surface area (Å²) in [5.41, 5.74) is 0. The third-order valence-electron chi connectivity index (χ3n) is 2.49. The van der Waals surface area contributed by atoms with Crippen molar-refractivity contribution < 1.29 is 14.1 Å². The molecule has 0 aliphatic heterocycles. The maximum atomic E-state index is 12.3. The fraction of sp³-hybridized carbons (Fsp3) is 0.800.